The lowest BCUT2D eigenvalue weighted by Gasteiger charge is -2.09. The number of nitrogens with zero attached hydrogens (tertiary/aromatic N) is 3. The zero-order chi connectivity index (χ0) is 18.1. The van der Waals surface area contributed by atoms with Crippen molar-refractivity contribution in [2.75, 3.05) is 7.11 Å². The van der Waals surface area contributed by atoms with Crippen LogP contribution in [0.15, 0.2) is 66.9 Å². The fraction of sp³-hybridized carbons (Fsp3) is 0.0952. The Bertz CT molecular complexity index is 1120. The van der Waals surface area contributed by atoms with Gasteiger partial charge < -0.3 is 4.74 Å². The van der Waals surface area contributed by atoms with Crippen LogP contribution in [0, 0.1) is 0 Å². The van der Waals surface area contributed by atoms with E-state index in [9.17, 15) is 4.79 Å². The Morgan fingerprint density at radius 1 is 1.04 bits per heavy atom. The van der Waals surface area contributed by atoms with Gasteiger partial charge in [0.15, 0.2) is 11.4 Å². The van der Waals surface area contributed by atoms with Crippen LogP contribution in [0.25, 0.3) is 28.2 Å². The molecule has 0 saturated heterocycles. The monoisotopic (exact) mass is 343 g/mol. The van der Waals surface area contributed by atoms with Crippen LogP contribution >= 0.6 is 0 Å². The smallest absolute Gasteiger partial charge is 0.159 e. The first-order chi connectivity index (χ1) is 12.7. The van der Waals surface area contributed by atoms with E-state index in [1.165, 1.54) is 0 Å². The molecule has 5 heteroatoms. The maximum atomic E-state index is 11.7. The molecule has 0 bridgehead atoms. The van der Waals surface area contributed by atoms with Gasteiger partial charge in [-0.2, -0.15) is 5.10 Å². The fourth-order valence-corrected chi connectivity index (χ4v) is 2.97. The predicted molar refractivity (Wildman–Crippen MR) is 100 cm³/mol. The van der Waals surface area contributed by atoms with Crippen molar-refractivity contribution >= 4 is 11.4 Å². The summed E-state index contributed by atoms with van der Waals surface area (Å²) in [6, 6.07) is 19.1. The number of ether oxygens (including phenoxy) is 1. The van der Waals surface area contributed by atoms with E-state index in [-0.39, 0.29) is 5.78 Å². The summed E-state index contributed by atoms with van der Waals surface area (Å²) in [5.74, 6) is 0.794. The summed E-state index contributed by atoms with van der Waals surface area (Å²) in [5.41, 5.74) is 4.84. The molecule has 0 aliphatic carbocycles. The van der Waals surface area contributed by atoms with E-state index in [0.717, 1.165) is 33.9 Å². The summed E-state index contributed by atoms with van der Waals surface area (Å²) in [6.45, 7) is 1.56. The molecule has 4 aromatic rings. The highest BCUT2D eigenvalue weighted by atomic mass is 16.5. The molecule has 128 valence electrons. The number of imidazole rings is 1. The van der Waals surface area contributed by atoms with Crippen LogP contribution in [-0.2, 0) is 0 Å². The van der Waals surface area contributed by atoms with Crippen LogP contribution in [0.3, 0.4) is 0 Å². The Hall–Kier alpha value is -3.47. The number of hydrogen-bond donors (Lipinski definition) is 0. The molecular weight excluding hydrogens is 326 g/mol. The minimum absolute atomic E-state index is 0.0309. The number of carbonyl (C=O) groups excluding carboxylic acids is 1. The molecule has 2 aromatic heterocycles. The van der Waals surface area contributed by atoms with Crippen LogP contribution in [0.5, 0.6) is 5.75 Å². The Labute approximate surface area is 150 Å². The number of benzene rings is 2. The number of ketones is 1. The van der Waals surface area contributed by atoms with Crippen molar-refractivity contribution in [3.63, 3.8) is 0 Å². The highest BCUT2D eigenvalue weighted by Crippen LogP contribution is 2.29. The van der Waals surface area contributed by atoms with Gasteiger partial charge in [-0.3, -0.25) is 4.79 Å². The maximum Gasteiger partial charge on any atom is 0.159 e. The summed E-state index contributed by atoms with van der Waals surface area (Å²) in [6.07, 6.45) is 1.77. The van der Waals surface area contributed by atoms with Gasteiger partial charge in [0.2, 0.25) is 0 Å². The van der Waals surface area contributed by atoms with Gasteiger partial charge in [0, 0.05) is 16.7 Å². The quantitative estimate of drug-likeness (QED) is 0.519. The van der Waals surface area contributed by atoms with Gasteiger partial charge in [0.05, 0.1) is 24.7 Å². The van der Waals surface area contributed by atoms with Gasteiger partial charge >= 0.3 is 0 Å². The second-order valence-corrected chi connectivity index (χ2v) is 5.97. The molecular formula is C21H17N3O2. The van der Waals surface area contributed by atoms with Crippen molar-refractivity contribution in [3.8, 4) is 28.3 Å². The molecule has 2 aromatic carbocycles. The standard InChI is InChI=1S/C21H17N3O2/c1-14(25)15-6-5-7-16(12-15)19-13-22-21-11-10-18(23-24(19)21)17-8-3-4-9-20(17)26-2/h3-13H,1-2H3. The van der Waals surface area contributed by atoms with Crippen molar-refractivity contribution in [2.45, 2.75) is 6.92 Å². The molecule has 0 amide bonds. The second kappa shape index (κ2) is 6.44. The molecule has 0 radical (unpaired) electrons. The third-order valence-corrected chi connectivity index (χ3v) is 4.31. The lowest BCUT2D eigenvalue weighted by Crippen LogP contribution is -1.99. The molecule has 2 heterocycles. The third-order valence-electron chi connectivity index (χ3n) is 4.31. The number of Topliss-reactive ketones (excluding diaryl/α,β-unsaturated/α-hetero) is 1. The Balaban J connectivity index is 1.88. The van der Waals surface area contributed by atoms with Gasteiger partial charge in [0.25, 0.3) is 0 Å². The number of methoxy groups -OCH3 is 1. The number of para-hydroxylation sites is 1. The van der Waals surface area contributed by atoms with E-state index in [2.05, 4.69) is 4.98 Å². The van der Waals surface area contributed by atoms with Crippen LogP contribution in [0.1, 0.15) is 17.3 Å². The molecule has 0 N–H and O–H groups in total. The van der Waals surface area contributed by atoms with Crippen LogP contribution in [0.2, 0.25) is 0 Å². The summed E-state index contributed by atoms with van der Waals surface area (Å²) in [7, 11) is 1.65. The molecule has 0 aliphatic heterocycles. The predicted octanol–water partition coefficient (Wildman–Crippen LogP) is 4.27. The van der Waals surface area contributed by atoms with Crippen LogP contribution < -0.4 is 4.74 Å². The Kier molecular flexibility index (Phi) is 3.97. The lowest BCUT2D eigenvalue weighted by molar-refractivity contribution is 0.101. The van der Waals surface area contributed by atoms with E-state index in [1.807, 2.05) is 60.7 Å². The first-order valence-corrected chi connectivity index (χ1v) is 8.27. The van der Waals surface area contributed by atoms with Crippen molar-refractivity contribution in [2.24, 2.45) is 0 Å². The molecule has 0 atom stereocenters. The molecule has 0 unspecified atom stereocenters. The summed E-state index contributed by atoms with van der Waals surface area (Å²) in [5, 5.41) is 4.75. The summed E-state index contributed by atoms with van der Waals surface area (Å²) in [4.78, 5) is 16.1. The first kappa shape index (κ1) is 16.0. The molecule has 0 aliphatic rings. The molecule has 26 heavy (non-hydrogen) atoms. The Morgan fingerprint density at radius 3 is 2.69 bits per heavy atom. The van der Waals surface area contributed by atoms with Gasteiger partial charge in [-0.25, -0.2) is 9.50 Å². The molecule has 0 fully saturated rings. The van der Waals surface area contributed by atoms with Gasteiger partial charge in [0.1, 0.15) is 5.75 Å². The number of fused-ring (bicyclic) bond motifs is 1. The first-order valence-electron chi connectivity index (χ1n) is 8.27. The van der Waals surface area contributed by atoms with Gasteiger partial charge in [-0.1, -0.05) is 30.3 Å². The number of aromatic nitrogens is 3. The van der Waals surface area contributed by atoms with Crippen molar-refractivity contribution in [3.05, 3.63) is 72.4 Å². The highest BCUT2D eigenvalue weighted by molar-refractivity contribution is 5.95. The fourth-order valence-electron chi connectivity index (χ4n) is 2.97. The minimum atomic E-state index is 0.0309. The third kappa shape index (κ3) is 2.73. The van der Waals surface area contributed by atoms with E-state index in [4.69, 9.17) is 9.84 Å². The number of carbonyl (C=O) groups is 1. The topological polar surface area (TPSA) is 56.5 Å². The zero-order valence-electron chi connectivity index (χ0n) is 14.5. The number of hydrogen-bond acceptors (Lipinski definition) is 4. The van der Waals surface area contributed by atoms with Gasteiger partial charge in [-0.15, -0.1) is 0 Å². The van der Waals surface area contributed by atoms with E-state index < -0.39 is 0 Å². The van der Waals surface area contributed by atoms with E-state index in [1.54, 1.807) is 24.7 Å². The average molecular weight is 343 g/mol. The zero-order valence-corrected chi connectivity index (χ0v) is 14.5. The summed E-state index contributed by atoms with van der Waals surface area (Å²) >= 11 is 0. The van der Waals surface area contributed by atoms with Crippen molar-refractivity contribution < 1.29 is 9.53 Å². The normalized spacial score (nSPS) is 10.8. The SMILES string of the molecule is COc1ccccc1-c1ccc2ncc(-c3cccc(C(C)=O)c3)n2n1. The number of rotatable bonds is 4. The summed E-state index contributed by atoms with van der Waals surface area (Å²) < 4.78 is 7.24. The largest absolute Gasteiger partial charge is 0.496 e. The van der Waals surface area contributed by atoms with Crippen LogP contribution in [0.4, 0.5) is 0 Å². The average Bonchev–Trinajstić information content (AvgIpc) is 3.11. The van der Waals surface area contributed by atoms with Crippen LogP contribution in [-0.4, -0.2) is 27.5 Å². The molecule has 5 nitrogen and oxygen atoms in total. The Morgan fingerprint density at radius 2 is 1.88 bits per heavy atom. The second-order valence-electron chi connectivity index (χ2n) is 5.97. The lowest BCUT2D eigenvalue weighted by atomic mass is 10.1. The minimum Gasteiger partial charge on any atom is -0.496 e. The highest BCUT2D eigenvalue weighted by Gasteiger charge is 2.12. The molecule has 0 spiro atoms. The van der Waals surface area contributed by atoms with Crippen molar-refractivity contribution in [1.82, 2.24) is 14.6 Å². The van der Waals surface area contributed by atoms with E-state index >= 15 is 0 Å². The molecule has 0 saturated carbocycles. The van der Waals surface area contributed by atoms with E-state index in [0.29, 0.717) is 5.56 Å². The van der Waals surface area contributed by atoms with Crippen molar-refractivity contribution in [1.29, 1.82) is 0 Å². The maximum absolute atomic E-state index is 11.7. The molecule has 4 rings (SSSR count). The van der Waals surface area contributed by atoms with Gasteiger partial charge in [-0.05, 0) is 37.3 Å².